The summed E-state index contributed by atoms with van der Waals surface area (Å²) in [5.41, 5.74) is 1.49. The summed E-state index contributed by atoms with van der Waals surface area (Å²) in [4.78, 5) is 35.8. The van der Waals surface area contributed by atoms with Crippen molar-refractivity contribution >= 4 is 34.9 Å². The predicted octanol–water partition coefficient (Wildman–Crippen LogP) is 3.66. The molecule has 0 spiro atoms. The largest absolute Gasteiger partial charge is 0.496 e. The fourth-order valence-electron chi connectivity index (χ4n) is 2.39. The Morgan fingerprint density at radius 2 is 1.89 bits per heavy atom. The molecule has 1 N–H and O–H groups in total. The van der Waals surface area contributed by atoms with E-state index in [1.54, 1.807) is 42.5 Å². The van der Waals surface area contributed by atoms with Gasteiger partial charge in [-0.25, -0.2) is 0 Å². The summed E-state index contributed by atoms with van der Waals surface area (Å²) in [6.45, 7) is 2.91. The molecule has 142 valence electrons. The van der Waals surface area contributed by atoms with Crippen molar-refractivity contribution in [2.24, 2.45) is 0 Å². The van der Waals surface area contributed by atoms with Crippen molar-refractivity contribution in [3.8, 4) is 5.75 Å². The Bertz CT molecular complexity index is 865. The molecular formula is C20H20ClNO5. The number of hydrogen-bond acceptors (Lipinski definition) is 5. The lowest BCUT2D eigenvalue weighted by Gasteiger charge is -2.15. The molecule has 0 radical (unpaired) electrons. The van der Waals surface area contributed by atoms with Gasteiger partial charge in [0.05, 0.1) is 13.5 Å². The first kappa shape index (κ1) is 20.5. The van der Waals surface area contributed by atoms with Crippen LogP contribution in [0.2, 0.25) is 5.02 Å². The fraction of sp³-hybridized carbons (Fsp3) is 0.250. The number of ether oxygens (including phenoxy) is 2. The van der Waals surface area contributed by atoms with Crippen LogP contribution in [-0.4, -0.2) is 30.9 Å². The van der Waals surface area contributed by atoms with Crippen molar-refractivity contribution in [3.63, 3.8) is 0 Å². The van der Waals surface area contributed by atoms with Crippen LogP contribution in [0.25, 0.3) is 0 Å². The van der Waals surface area contributed by atoms with E-state index in [-0.39, 0.29) is 12.2 Å². The van der Waals surface area contributed by atoms with Gasteiger partial charge in [-0.2, -0.15) is 0 Å². The summed E-state index contributed by atoms with van der Waals surface area (Å²) in [5, 5.41) is 3.09. The Hall–Kier alpha value is -2.86. The molecule has 0 aliphatic heterocycles. The molecule has 0 unspecified atom stereocenters. The highest BCUT2D eigenvalue weighted by Crippen LogP contribution is 2.23. The second-order valence-electron chi connectivity index (χ2n) is 5.89. The van der Waals surface area contributed by atoms with Crippen LogP contribution < -0.4 is 10.1 Å². The van der Waals surface area contributed by atoms with Gasteiger partial charge in [-0.15, -0.1) is 0 Å². The second kappa shape index (κ2) is 9.19. The first-order valence-corrected chi connectivity index (χ1v) is 8.61. The van der Waals surface area contributed by atoms with Crippen molar-refractivity contribution in [2.75, 3.05) is 12.4 Å². The zero-order valence-corrected chi connectivity index (χ0v) is 16.0. The third-order valence-electron chi connectivity index (χ3n) is 3.79. The minimum atomic E-state index is -1.01. The van der Waals surface area contributed by atoms with Crippen molar-refractivity contribution in [1.82, 2.24) is 0 Å². The topological polar surface area (TPSA) is 81.7 Å². The number of ketones is 1. The van der Waals surface area contributed by atoms with E-state index in [0.717, 1.165) is 0 Å². The third-order valence-corrected chi connectivity index (χ3v) is 4.03. The van der Waals surface area contributed by atoms with Gasteiger partial charge in [0, 0.05) is 21.8 Å². The molecule has 1 atom stereocenters. The first-order valence-electron chi connectivity index (χ1n) is 8.24. The summed E-state index contributed by atoms with van der Waals surface area (Å²) in [6, 6.07) is 11.4. The van der Waals surface area contributed by atoms with Gasteiger partial charge in [0.1, 0.15) is 5.75 Å². The zero-order valence-electron chi connectivity index (χ0n) is 15.2. The predicted molar refractivity (Wildman–Crippen MR) is 102 cm³/mol. The third kappa shape index (κ3) is 5.82. The molecule has 0 aliphatic carbocycles. The molecule has 7 heteroatoms. The van der Waals surface area contributed by atoms with Crippen LogP contribution in [-0.2, 0) is 20.7 Å². The Balaban J connectivity index is 1.98. The molecule has 0 aliphatic rings. The summed E-state index contributed by atoms with van der Waals surface area (Å²) < 4.78 is 10.4. The van der Waals surface area contributed by atoms with Crippen LogP contribution in [0.15, 0.2) is 42.5 Å². The highest BCUT2D eigenvalue weighted by Gasteiger charge is 2.19. The van der Waals surface area contributed by atoms with Crippen LogP contribution >= 0.6 is 11.6 Å². The van der Waals surface area contributed by atoms with E-state index in [4.69, 9.17) is 21.1 Å². The van der Waals surface area contributed by atoms with Crippen molar-refractivity contribution < 1.29 is 23.9 Å². The maximum Gasteiger partial charge on any atom is 0.311 e. The molecule has 0 bridgehead atoms. The molecule has 2 rings (SSSR count). The van der Waals surface area contributed by atoms with Crippen molar-refractivity contribution in [2.45, 2.75) is 26.4 Å². The van der Waals surface area contributed by atoms with Gasteiger partial charge in [-0.05, 0) is 44.2 Å². The number of halogens is 1. The average Bonchev–Trinajstić information content (AvgIpc) is 2.62. The van der Waals surface area contributed by atoms with Gasteiger partial charge in [-0.3, -0.25) is 14.4 Å². The molecular weight excluding hydrogens is 370 g/mol. The van der Waals surface area contributed by atoms with Crippen LogP contribution in [0, 0.1) is 0 Å². The number of esters is 1. The van der Waals surface area contributed by atoms with E-state index >= 15 is 0 Å². The quantitative estimate of drug-likeness (QED) is 0.577. The minimum Gasteiger partial charge on any atom is -0.496 e. The second-order valence-corrected chi connectivity index (χ2v) is 6.33. The number of Topliss-reactive ketones (excluding diaryl/α,β-unsaturated/α-hetero) is 1. The van der Waals surface area contributed by atoms with Gasteiger partial charge < -0.3 is 14.8 Å². The van der Waals surface area contributed by atoms with E-state index in [2.05, 4.69) is 5.32 Å². The molecule has 2 aromatic carbocycles. The highest BCUT2D eigenvalue weighted by molar-refractivity contribution is 6.30. The number of carbonyl (C=O) groups excluding carboxylic acids is 3. The molecule has 0 aromatic heterocycles. The maximum absolute atomic E-state index is 12.2. The molecule has 0 saturated carbocycles. The van der Waals surface area contributed by atoms with E-state index < -0.39 is 18.0 Å². The summed E-state index contributed by atoms with van der Waals surface area (Å²) in [5.74, 6) is -0.687. The summed E-state index contributed by atoms with van der Waals surface area (Å²) in [6.07, 6.45) is -1.09. The van der Waals surface area contributed by atoms with Crippen LogP contribution in [0.1, 0.15) is 29.8 Å². The van der Waals surface area contributed by atoms with E-state index in [1.807, 2.05) is 0 Å². The SMILES string of the molecule is COc1ccc(Cl)cc1CC(=O)O[C@@H](C)C(=O)Nc1cccc(C(C)=O)c1. The number of rotatable bonds is 7. The number of benzene rings is 2. The summed E-state index contributed by atoms with van der Waals surface area (Å²) in [7, 11) is 1.49. The number of nitrogens with one attached hydrogen (secondary N) is 1. The van der Waals surface area contributed by atoms with Crippen LogP contribution in [0.5, 0.6) is 5.75 Å². The molecule has 0 fully saturated rings. The number of anilines is 1. The molecule has 0 heterocycles. The average molecular weight is 390 g/mol. The van der Waals surface area contributed by atoms with Crippen LogP contribution in [0.3, 0.4) is 0 Å². The highest BCUT2D eigenvalue weighted by atomic mass is 35.5. The Morgan fingerprint density at radius 3 is 2.56 bits per heavy atom. The monoisotopic (exact) mass is 389 g/mol. The molecule has 2 aromatic rings. The lowest BCUT2D eigenvalue weighted by Crippen LogP contribution is -2.30. The number of carbonyl (C=O) groups is 3. The number of hydrogen-bond donors (Lipinski definition) is 1. The maximum atomic E-state index is 12.2. The lowest BCUT2D eigenvalue weighted by atomic mass is 10.1. The summed E-state index contributed by atoms with van der Waals surface area (Å²) >= 11 is 5.94. The van der Waals surface area contributed by atoms with Gasteiger partial charge in [0.2, 0.25) is 0 Å². The Morgan fingerprint density at radius 1 is 1.15 bits per heavy atom. The fourth-order valence-corrected chi connectivity index (χ4v) is 2.59. The lowest BCUT2D eigenvalue weighted by molar-refractivity contribution is -0.152. The minimum absolute atomic E-state index is 0.0822. The normalized spacial score (nSPS) is 11.4. The van der Waals surface area contributed by atoms with Crippen molar-refractivity contribution in [3.05, 3.63) is 58.6 Å². The zero-order chi connectivity index (χ0) is 20.0. The number of amides is 1. The van der Waals surface area contributed by atoms with Gasteiger partial charge >= 0.3 is 5.97 Å². The molecule has 1 amide bonds. The van der Waals surface area contributed by atoms with Crippen LogP contribution in [0.4, 0.5) is 5.69 Å². The molecule has 0 saturated heterocycles. The van der Waals surface area contributed by atoms with E-state index in [0.29, 0.717) is 27.6 Å². The Kier molecular flexibility index (Phi) is 6.96. The molecule has 27 heavy (non-hydrogen) atoms. The molecule has 6 nitrogen and oxygen atoms in total. The Labute approximate surface area is 162 Å². The first-order chi connectivity index (χ1) is 12.8. The standard InChI is InChI=1S/C20H20ClNO5/c1-12(23)14-5-4-6-17(10-14)22-20(25)13(2)27-19(24)11-15-9-16(21)7-8-18(15)26-3/h4-10,13H,11H2,1-3H3,(H,22,25)/t13-/m0/s1. The van der Waals surface area contributed by atoms with E-state index in [9.17, 15) is 14.4 Å². The van der Waals surface area contributed by atoms with Gasteiger partial charge in [-0.1, -0.05) is 23.7 Å². The van der Waals surface area contributed by atoms with Crippen molar-refractivity contribution in [1.29, 1.82) is 0 Å². The van der Waals surface area contributed by atoms with Gasteiger partial charge in [0.25, 0.3) is 5.91 Å². The van der Waals surface area contributed by atoms with E-state index in [1.165, 1.54) is 21.0 Å². The number of methoxy groups -OCH3 is 1. The smallest absolute Gasteiger partial charge is 0.311 e. The van der Waals surface area contributed by atoms with Gasteiger partial charge in [0.15, 0.2) is 11.9 Å².